The van der Waals surface area contributed by atoms with E-state index in [4.69, 9.17) is 4.74 Å². The van der Waals surface area contributed by atoms with Crippen LogP contribution in [0.4, 0.5) is 0 Å². The number of carbonyl (C=O) groups is 1. The molecule has 0 atom stereocenters. The van der Waals surface area contributed by atoms with E-state index in [1.54, 1.807) is 0 Å². The van der Waals surface area contributed by atoms with E-state index in [9.17, 15) is 4.79 Å². The number of hydrogen-bond donors (Lipinski definition) is 1. The molecule has 112 valence electrons. The number of allylic oxidation sites excluding steroid dienone is 2. The number of ether oxygens (including phenoxy) is 1. The van der Waals surface area contributed by atoms with Gasteiger partial charge in [0.25, 0.3) is 0 Å². The number of thiol groups is 1. The smallest absolute Gasteiger partial charge is 0.305 e. The van der Waals surface area contributed by atoms with Crippen molar-refractivity contribution in [3.63, 3.8) is 0 Å². The van der Waals surface area contributed by atoms with Crippen molar-refractivity contribution in [3.05, 3.63) is 12.2 Å². The molecule has 0 aromatic rings. The summed E-state index contributed by atoms with van der Waals surface area (Å²) in [5, 5.41) is 0. The van der Waals surface area contributed by atoms with E-state index >= 15 is 0 Å². The van der Waals surface area contributed by atoms with Gasteiger partial charge in [0, 0.05) is 12.2 Å². The molecule has 2 nitrogen and oxygen atoms in total. The van der Waals surface area contributed by atoms with Crippen LogP contribution < -0.4 is 0 Å². The first-order valence-corrected chi connectivity index (χ1v) is 8.36. The van der Waals surface area contributed by atoms with Crippen molar-refractivity contribution in [2.24, 2.45) is 0 Å². The van der Waals surface area contributed by atoms with E-state index in [0.29, 0.717) is 18.8 Å². The highest BCUT2D eigenvalue weighted by molar-refractivity contribution is 7.80. The molecule has 0 N–H and O–H groups in total. The summed E-state index contributed by atoms with van der Waals surface area (Å²) in [6, 6.07) is 0. The van der Waals surface area contributed by atoms with Gasteiger partial charge >= 0.3 is 5.97 Å². The van der Waals surface area contributed by atoms with E-state index in [1.807, 2.05) is 0 Å². The average Bonchev–Trinajstić information content (AvgIpc) is 2.42. The molecule has 0 aliphatic carbocycles. The zero-order valence-corrected chi connectivity index (χ0v) is 13.3. The topological polar surface area (TPSA) is 26.3 Å². The molecule has 0 saturated carbocycles. The number of hydrogen-bond acceptors (Lipinski definition) is 3. The van der Waals surface area contributed by atoms with Crippen molar-refractivity contribution in [1.82, 2.24) is 0 Å². The van der Waals surface area contributed by atoms with Crippen LogP contribution in [0.25, 0.3) is 0 Å². The summed E-state index contributed by atoms with van der Waals surface area (Å²) in [4.78, 5) is 11.2. The van der Waals surface area contributed by atoms with Gasteiger partial charge in [0.1, 0.15) is 6.61 Å². The molecule has 0 rings (SSSR count). The molecule has 0 radical (unpaired) electrons. The lowest BCUT2D eigenvalue weighted by Gasteiger charge is -2.03. The summed E-state index contributed by atoms with van der Waals surface area (Å²) in [5.74, 6) is 0.538. The van der Waals surface area contributed by atoms with Gasteiger partial charge in [-0.1, -0.05) is 51.2 Å². The lowest BCUT2D eigenvalue weighted by molar-refractivity contribution is -0.143. The molecule has 0 aromatic heterocycles. The van der Waals surface area contributed by atoms with E-state index in [2.05, 4.69) is 31.7 Å². The van der Waals surface area contributed by atoms with E-state index in [0.717, 1.165) is 19.3 Å². The third-order valence-corrected chi connectivity index (χ3v) is 3.19. The monoisotopic (exact) mass is 286 g/mol. The van der Waals surface area contributed by atoms with Gasteiger partial charge in [-0.2, -0.15) is 12.6 Å². The fourth-order valence-electron chi connectivity index (χ4n) is 1.93. The van der Waals surface area contributed by atoms with Crippen LogP contribution in [0.3, 0.4) is 0 Å². The SMILES string of the molecule is CC/C=C/CCCCCCCCCC(=O)OCCS. The number of unbranched alkanes of at least 4 members (excludes halogenated alkanes) is 7. The Morgan fingerprint density at radius 3 is 2.26 bits per heavy atom. The second-order valence-corrected chi connectivity index (χ2v) is 5.28. The van der Waals surface area contributed by atoms with Crippen molar-refractivity contribution in [3.8, 4) is 0 Å². The molecule has 0 unspecified atom stereocenters. The van der Waals surface area contributed by atoms with Gasteiger partial charge in [0.2, 0.25) is 0 Å². The lowest BCUT2D eigenvalue weighted by atomic mass is 10.1. The fraction of sp³-hybridized carbons (Fsp3) is 0.812. The molecular formula is C16H30O2S. The molecule has 0 spiro atoms. The minimum absolute atomic E-state index is 0.0724. The molecule has 0 bridgehead atoms. The third-order valence-electron chi connectivity index (χ3n) is 3.01. The third kappa shape index (κ3) is 15.5. The molecule has 0 aromatic carbocycles. The highest BCUT2D eigenvalue weighted by atomic mass is 32.1. The second kappa shape index (κ2) is 15.6. The molecule has 0 aliphatic rings. The van der Waals surface area contributed by atoms with Crippen LogP contribution in [0.1, 0.15) is 71.1 Å². The normalized spacial score (nSPS) is 11.1. The molecule has 19 heavy (non-hydrogen) atoms. The standard InChI is InChI=1S/C16H30O2S/c1-2-3-4-5-6-7-8-9-10-11-12-13-16(17)18-14-15-19/h3-4,19H,2,5-15H2,1H3/b4-3+. The van der Waals surface area contributed by atoms with Crippen LogP contribution in [0.2, 0.25) is 0 Å². The minimum Gasteiger partial charge on any atom is -0.465 e. The van der Waals surface area contributed by atoms with Crippen LogP contribution in [-0.4, -0.2) is 18.3 Å². The quantitative estimate of drug-likeness (QED) is 0.225. The van der Waals surface area contributed by atoms with Crippen LogP contribution in [-0.2, 0) is 9.53 Å². The molecule has 0 heterocycles. The zero-order valence-electron chi connectivity index (χ0n) is 12.4. The molecular weight excluding hydrogens is 256 g/mol. The highest BCUT2D eigenvalue weighted by Gasteiger charge is 2.01. The summed E-state index contributed by atoms with van der Waals surface area (Å²) < 4.78 is 4.96. The number of rotatable bonds is 13. The lowest BCUT2D eigenvalue weighted by Crippen LogP contribution is -2.06. The molecule has 0 aliphatic heterocycles. The number of esters is 1. The summed E-state index contributed by atoms with van der Waals surface area (Å²) in [6.07, 6.45) is 16.1. The first-order valence-electron chi connectivity index (χ1n) is 7.72. The van der Waals surface area contributed by atoms with Crippen molar-refractivity contribution in [1.29, 1.82) is 0 Å². The molecule has 0 amide bonds. The second-order valence-electron chi connectivity index (χ2n) is 4.84. The van der Waals surface area contributed by atoms with E-state index < -0.39 is 0 Å². The average molecular weight is 286 g/mol. The van der Waals surface area contributed by atoms with Crippen molar-refractivity contribution < 1.29 is 9.53 Å². The molecule has 3 heteroatoms. The first-order chi connectivity index (χ1) is 9.31. The zero-order chi connectivity index (χ0) is 14.2. The minimum atomic E-state index is -0.0724. The Morgan fingerprint density at radius 1 is 1.00 bits per heavy atom. The van der Waals surface area contributed by atoms with Gasteiger partial charge in [-0.15, -0.1) is 0 Å². The molecule has 0 saturated heterocycles. The van der Waals surface area contributed by atoms with Gasteiger partial charge in [-0.3, -0.25) is 4.79 Å². The summed E-state index contributed by atoms with van der Waals surface area (Å²) in [5.41, 5.74) is 0. The Morgan fingerprint density at radius 2 is 1.63 bits per heavy atom. The highest BCUT2D eigenvalue weighted by Crippen LogP contribution is 2.10. The summed E-state index contributed by atoms with van der Waals surface area (Å²) in [6.45, 7) is 2.61. The van der Waals surface area contributed by atoms with Gasteiger partial charge < -0.3 is 4.74 Å². The van der Waals surface area contributed by atoms with E-state index in [1.165, 1.54) is 38.5 Å². The summed E-state index contributed by atoms with van der Waals surface area (Å²) in [7, 11) is 0. The van der Waals surface area contributed by atoms with Crippen LogP contribution in [0.5, 0.6) is 0 Å². The summed E-state index contributed by atoms with van der Waals surface area (Å²) >= 11 is 4.00. The Kier molecular flexibility index (Phi) is 15.3. The van der Waals surface area contributed by atoms with Crippen molar-refractivity contribution >= 4 is 18.6 Å². The van der Waals surface area contributed by atoms with Crippen LogP contribution >= 0.6 is 12.6 Å². The van der Waals surface area contributed by atoms with Crippen molar-refractivity contribution in [2.75, 3.05) is 12.4 Å². The van der Waals surface area contributed by atoms with Crippen molar-refractivity contribution in [2.45, 2.75) is 71.1 Å². The number of carbonyl (C=O) groups excluding carboxylic acids is 1. The maximum absolute atomic E-state index is 11.2. The maximum Gasteiger partial charge on any atom is 0.305 e. The largest absolute Gasteiger partial charge is 0.465 e. The van der Waals surface area contributed by atoms with Crippen LogP contribution in [0.15, 0.2) is 12.2 Å². The van der Waals surface area contributed by atoms with Gasteiger partial charge in [-0.25, -0.2) is 0 Å². The van der Waals surface area contributed by atoms with E-state index in [-0.39, 0.29) is 5.97 Å². The molecule has 0 fully saturated rings. The van der Waals surface area contributed by atoms with Gasteiger partial charge in [-0.05, 0) is 25.7 Å². The van der Waals surface area contributed by atoms with Gasteiger partial charge in [0.15, 0.2) is 0 Å². The Hall–Kier alpha value is -0.440. The predicted molar refractivity (Wildman–Crippen MR) is 85.8 cm³/mol. The van der Waals surface area contributed by atoms with Gasteiger partial charge in [0.05, 0.1) is 0 Å². The Balaban J connectivity index is 3.10. The van der Waals surface area contributed by atoms with Crippen LogP contribution in [0, 0.1) is 0 Å². The Labute approximate surface area is 124 Å². The fourth-order valence-corrected chi connectivity index (χ4v) is 2.02. The Bertz CT molecular complexity index is 227. The maximum atomic E-state index is 11.2. The predicted octanol–water partition coefficient (Wildman–Crippen LogP) is 4.94. The first kappa shape index (κ1) is 18.6.